The molecule has 0 radical (unpaired) electrons. The third-order valence-corrected chi connectivity index (χ3v) is 5.35. The number of sulfonamides is 1. The number of hydrogen-bond donors (Lipinski definition) is 0. The summed E-state index contributed by atoms with van der Waals surface area (Å²) in [6.45, 7) is 1.21. The highest BCUT2D eigenvalue weighted by Crippen LogP contribution is 2.22. The molecule has 1 fully saturated rings. The van der Waals surface area contributed by atoms with Gasteiger partial charge in [0.05, 0.1) is 24.7 Å². The summed E-state index contributed by atoms with van der Waals surface area (Å²) in [6.07, 6.45) is -0.481. The minimum absolute atomic E-state index is 0.190. The van der Waals surface area contributed by atoms with E-state index in [-0.39, 0.29) is 11.4 Å². The fourth-order valence-electron chi connectivity index (χ4n) is 2.33. The van der Waals surface area contributed by atoms with Gasteiger partial charge in [0.15, 0.2) is 6.29 Å². The Hall–Kier alpha value is -1.47. The first kappa shape index (κ1) is 14.5. The van der Waals surface area contributed by atoms with E-state index in [1.807, 2.05) is 30.3 Å². The Labute approximate surface area is 124 Å². The van der Waals surface area contributed by atoms with Crippen molar-refractivity contribution in [2.24, 2.45) is 0 Å². The fourth-order valence-corrected chi connectivity index (χ4v) is 3.52. The van der Waals surface area contributed by atoms with Gasteiger partial charge in [-0.2, -0.15) is 4.31 Å². The predicted octanol–water partition coefficient (Wildman–Crippen LogP) is 1.83. The molecule has 6 heteroatoms. The minimum Gasteiger partial charge on any atom is -0.349 e. The molecular formula is C15H17NO4S. The summed E-state index contributed by atoms with van der Waals surface area (Å²) in [7, 11) is -2.01. The molecular weight excluding hydrogens is 290 g/mol. The topological polar surface area (TPSA) is 55.8 Å². The standard InChI is InChI=1S/C15H17NO4S/c1-16(11-15-19-8-9-20-15)21(17,18)14-7-6-12-4-2-3-5-13(12)10-14/h2-7,10,15H,8-9,11H2,1H3. The molecule has 1 aliphatic rings. The maximum atomic E-state index is 12.6. The molecule has 5 nitrogen and oxygen atoms in total. The third kappa shape index (κ3) is 2.94. The summed E-state index contributed by atoms with van der Waals surface area (Å²) in [5, 5.41) is 1.92. The molecule has 0 atom stereocenters. The van der Waals surface area contributed by atoms with Crippen molar-refractivity contribution < 1.29 is 17.9 Å². The van der Waals surface area contributed by atoms with Crippen molar-refractivity contribution in [3.63, 3.8) is 0 Å². The molecule has 1 heterocycles. The van der Waals surface area contributed by atoms with Crippen LogP contribution in [-0.2, 0) is 19.5 Å². The molecule has 2 aromatic carbocycles. The number of benzene rings is 2. The van der Waals surface area contributed by atoms with E-state index in [0.29, 0.717) is 13.2 Å². The van der Waals surface area contributed by atoms with Gasteiger partial charge in [0.25, 0.3) is 0 Å². The Balaban J connectivity index is 1.87. The molecule has 0 amide bonds. The van der Waals surface area contributed by atoms with E-state index in [0.717, 1.165) is 10.8 Å². The van der Waals surface area contributed by atoms with Crippen LogP contribution >= 0.6 is 0 Å². The van der Waals surface area contributed by atoms with Gasteiger partial charge < -0.3 is 9.47 Å². The highest BCUT2D eigenvalue weighted by molar-refractivity contribution is 7.89. The first-order chi connectivity index (χ1) is 10.1. The van der Waals surface area contributed by atoms with Crippen LogP contribution in [0.1, 0.15) is 0 Å². The lowest BCUT2D eigenvalue weighted by molar-refractivity contribution is -0.0482. The molecule has 0 unspecified atom stereocenters. The van der Waals surface area contributed by atoms with Gasteiger partial charge in [-0.1, -0.05) is 30.3 Å². The van der Waals surface area contributed by atoms with Crippen LogP contribution in [0.25, 0.3) is 10.8 Å². The van der Waals surface area contributed by atoms with Crippen molar-refractivity contribution in [3.8, 4) is 0 Å². The van der Waals surface area contributed by atoms with E-state index < -0.39 is 16.3 Å². The number of hydrogen-bond acceptors (Lipinski definition) is 4. The van der Waals surface area contributed by atoms with Crippen LogP contribution in [0.15, 0.2) is 47.4 Å². The zero-order chi connectivity index (χ0) is 14.9. The molecule has 2 aromatic rings. The van der Waals surface area contributed by atoms with Crippen LogP contribution in [0.5, 0.6) is 0 Å². The molecule has 0 N–H and O–H groups in total. The van der Waals surface area contributed by atoms with Crippen LogP contribution in [0.2, 0.25) is 0 Å². The van der Waals surface area contributed by atoms with E-state index in [1.54, 1.807) is 12.1 Å². The van der Waals surface area contributed by atoms with Crippen LogP contribution < -0.4 is 0 Å². The Morgan fingerprint density at radius 2 is 1.76 bits per heavy atom. The number of likely N-dealkylation sites (N-methyl/N-ethyl adjacent to an activating group) is 1. The van der Waals surface area contributed by atoms with E-state index in [1.165, 1.54) is 11.4 Å². The van der Waals surface area contributed by atoms with Gasteiger partial charge in [0.2, 0.25) is 10.0 Å². The maximum Gasteiger partial charge on any atom is 0.243 e. The lowest BCUT2D eigenvalue weighted by Crippen LogP contribution is -2.34. The summed E-state index contributed by atoms with van der Waals surface area (Å²) in [5.41, 5.74) is 0. The molecule has 0 aliphatic carbocycles. The molecule has 0 spiro atoms. The third-order valence-electron chi connectivity index (χ3n) is 3.53. The van der Waals surface area contributed by atoms with Crippen LogP contribution in [0.3, 0.4) is 0 Å². The smallest absolute Gasteiger partial charge is 0.243 e. The van der Waals surface area contributed by atoms with E-state index in [2.05, 4.69) is 0 Å². The molecule has 0 saturated carbocycles. The van der Waals surface area contributed by atoms with Gasteiger partial charge in [-0.05, 0) is 22.9 Å². The first-order valence-electron chi connectivity index (χ1n) is 6.76. The zero-order valence-corrected chi connectivity index (χ0v) is 12.5. The van der Waals surface area contributed by atoms with Gasteiger partial charge in [0, 0.05) is 7.05 Å². The molecule has 0 aromatic heterocycles. The zero-order valence-electron chi connectivity index (χ0n) is 11.7. The summed E-state index contributed by atoms with van der Waals surface area (Å²) >= 11 is 0. The van der Waals surface area contributed by atoms with E-state index in [4.69, 9.17) is 9.47 Å². The Morgan fingerprint density at radius 3 is 2.48 bits per heavy atom. The van der Waals surface area contributed by atoms with Crippen LogP contribution in [0, 0.1) is 0 Å². The molecule has 3 rings (SSSR count). The summed E-state index contributed by atoms with van der Waals surface area (Å²) in [5.74, 6) is 0. The van der Waals surface area contributed by atoms with Crippen molar-refractivity contribution in [2.45, 2.75) is 11.2 Å². The average molecular weight is 307 g/mol. The van der Waals surface area contributed by atoms with Gasteiger partial charge in [0.1, 0.15) is 0 Å². The van der Waals surface area contributed by atoms with E-state index in [9.17, 15) is 8.42 Å². The predicted molar refractivity (Wildman–Crippen MR) is 79.5 cm³/mol. The van der Waals surface area contributed by atoms with Crippen molar-refractivity contribution in [2.75, 3.05) is 26.8 Å². The number of rotatable bonds is 4. The SMILES string of the molecule is CN(CC1OCCO1)S(=O)(=O)c1ccc2ccccc2c1. The second-order valence-corrected chi connectivity index (χ2v) is 7.01. The van der Waals surface area contributed by atoms with Crippen LogP contribution in [0.4, 0.5) is 0 Å². The minimum atomic E-state index is -3.54. The summed E-state index contributed by atoms with van der Waals surface area (Å²) < 4.78 is 37.0. The van der Waals surface area contributed by atoms with Crippen molar-refractivity contribution >= 4 is 20.8 Å². The highest BCUT2D eigenvalue weighted by atomic mass is 32.2. The fraction of sp³-hybridized carbons (Fsp3) is 0.333. The number of nitrogens with zero attached hydrogens (tertiary/aromatic N) is 1. The highest BCUT2D eigenvalue weighted by Gasteiger charge is 2.26. The van der Waals surface area contributed by atoms with Crippen molar-refractivity contribution in [1.29, 1.82) is 0 Å². The van der Waals surface area contributed by atoms with Gasteiger partial charge in [-0.15, -0.1) is 0 Å². The maximum absolute atomic E-state index is 12.6. The molecule has 112 valence electrons. The van der Waals surface area contributed by atoms with Gasteiger partial charge in [-0.25, -0.2) is 8.42 Å². The Bertz CT molecular complexity index is 738. The lowest BCUT2D eigenvalue weighted by Gasteiger charge is -2.20. The van der Waals surface area contributed by atoms with Gasteiger partial charge in [-0.3, -0.25) is 0 Å². The normalized spacial score (nSPS) is 16.9. The van der Waals surface area contributed by atoms with Gasteiger partial charge >= 0.3 is 0 Å². The molecule has 21 heavy (non-hydrogen) atoms. The average Bonchev–Trinajstić information content (AvgIpc) is 2.99. The second kappa shape index (κ2) is 5.73. The molecule has 1 aliphatic heterocycles. The first-order valence-corrected chi connectivity index (χ1v) is 8.20. The Morgan fingerprint density at radius 1 is 1.10 bits per heavy atom. The molecule has 1 saturated heterocycles. The lowest BCUT2D eigenvalue weighted by atomic mass is 10.1. The monoisotopic (exact) mass is 307 g/mol. The van der Waals surface area contributed by atoms with Crippen molar-refractivity contribution in [1.82, 2.24) is 4.31 Å². The second-order valence-electron chi connectivity index (χ2n) is 4.97. The summed E-state index contributed by atoms with van der Waals surface area (Å²) in [4.78, 5) is 0.279. The van der Waals surface area contributed by atoms with Crippen LogP contribution in [-0.4, -0.2) is 45.8 Å². The van der Waals surface area contributed by atoms with E-state index >= 15 is 0 Å². The quantitative estimate of drug-likeness (QED) is 0.865. The largest absolute Gasteiger partial charge is 0.349 e. The van der Waals surface area contributed by atoms with Crippen molar-refractivity contribution in [3.05, 3.63) is 42.5 Å². The molecule has 0 bridgehead atoms. The number of ether oxygens (including phenoxy) is 2. The Kier molecular flexibility index (Phi) is 3.95. The number of fused-ring (bicyclic) bond motifs is 1. The summed E-state index contributed by atoms with van der Waals surface area (Å²) in [6, 6.07) is 12.8.